The van der Waals surface area contributed by atoms with Crippen molar-refractivity contribution in [2.24, 2.45) is 11.8 Å². The van der Waals surface area contributed by atoms with Crippen LogP contribution in [0.5, 0.6) is 5.75 Å². The van der Waals surface area contributed by atoms with Gasteiger partial charge < -0.3 is 14.7 Å². The molecule has 0 aliphatic carbocycles. The Bertz CT molecular complexity index is 575. The van der Waals surface area contributed by atoms with Crippen LogP contribution < -0.4 is 4.74 Å². The monoisotopic (exact) mass is 309 g/mol. The third-order valence-electron chi connectivity index (χ3n) is 3.80. The Balaban J connectivity index is 1.96. The van der Waals surface area contributed by atoms with Crippen molar-refractivity contribution in [2.45, 2.75) is 20.3 Å². The van der Waals surface area contributed by atoms with E-state index in [0.29, 0.717) is 13.0 Å². The fourth-order valence-electron chi connectivity index (χ4n) is 2.69. The highest BCUT2D eigenvalue weighted by Crippen LogP contribution is 2.23. The molecule has 5 nitrogen and oxygen atoms in total. The molecule has 1 aromatic carbocycles. The normalized spacial score (nSPS) is 21.5. The van der Waals surface area contributed by atoms with Gasteiger partial charge in [-0.05, 0) is 37.0 Å². The maximum atomic E-state index is 13.6. The number of halogens is 1. The first kappa shape index (κ1) is 16.3. The van der Waals surface area contributed by atoms with Crippen LogP contribution >= 0.6 is 0 Å². The van der Waals surface area contributed by atoms with Crippen LogP contribution in [-0.4, -0.2) is 41.6 Å². The summed E-state index contributed by atoms with van der Waals surface area (Å²) in [6.07, 6.45) is 0.562. The van der Waals surface area contributed by atoms with E-state index in [2.05, 4.69) is 0 Å². The Hall–Kier alpha value is -2.11. The quantitative estimate of drug-likeness (QED) is 0.925. The molecule has 0 spiro atoms. The van der Waals surface area contributed by atoms with Crippen LogP contribution in [0.2, 0.25) is 0 Å². The summed E-state index contributed by atoms with van der Waals surface area (Å²) in [7, 11) is 0. The van der Waals surface area contributed by atoms with Crippen LogP contribution in [0.1, 0.15) is 18.9 Å². The number of rotatable bonds is 4. The number of amides is 1. The average Bonchev–Trinajstić information content (AvgIpc) is 2.47. The molecule has 1 aromatic rings. The Labute approximate surface area is 128 Å². The van der Waals surface area contributed by atoms with Crippen molar-refractivity contribution in [2.75, 3.05) is 19.7 Å². The Morgan fingerprint density at radius 3 is 2.82 bits per heavy atom. The molecule has 0 bridgehead atoms. The van der Waals surface area contributed by atoms with Crippen molar-refractivity contribution in [3.8, 4) is 5.75 Å². The highest BCUT2D eigenvalue weighted by molar-refractivity contribution is 5.79. The molecule has 1 saturated heterocycles. The number of aryl methyl sites for hydroxylation is 1. The van der Waals surface area contributed by atoms with Gasteiger partial charge in [-0.25, -0.2) is 4.39 Å². The largest absolute Gasteiger partial charge is 0.481 e. The highest BCUT2D eigenvalue weighted by Gasteiger charge is 2.31. The number of benzene rings is 1. The second-order valence-electron chi connectivity index (χ2n) is 5.90. The van der Waals surface area contributed by atoms with Gasteiger partial charge in [0.1, 0.15) is 0 Å². The van der Waals surface area contributed by atoms with Crippen LogP contribution in [0.25, 0.3) is 0 Å². The second kappa shape index (κ2) is 6.77. The standard InChI is InChI=1S/C16H20FNO4/c1-10-3-4-13(17)14(6-10)22-9-15(19)18-7-11(2)5-12(8-18)16(20)21/h3-4,6,11-12H,5,7-9H2,1-2H3,(H,20,21). The van der Waals surface area contributed by atoms with Crippen molar-refractivity contribution < 1.29 is 23.8 Å². The maximum Gasteiger partial charge on any atom is 0.308 e. The van der Waals surface area contributed by atoms with Crippen LogP contribution in [0.3, 0.4) is 0 Å². The molecule has 120 valence electrons. The molecule has 1 N–H and O–H groups in total. The number of hydrogen-bond acceptors (Lipinski definition) is 3. The van der Waals surface area contributed by atoms with Gasteiger partial charge in [0.25, 0.3) is 5.91 Å². The lowest BCUT2D eigenvalue weighted by molar-refractivity contribution is -0.147. The van der Waals surface area contributed by atoms with Crippen molar-refractivity contribution in [1.82, 2.24) is 4.90 Å². The van der Waals surface area contributed by atoms with Gasteiger partial charge in [0, 0.05) is 13.1 Å². The molecule has 1 fully saturated rings. The Kier molecular flexibility index (Phi) is 5.00. The van der Waals surface area contributed by atoms with Crippen molar-refractivity contribution in [3.05, 3.63) is 29.6 Å². The third-order valence-corrected chi connectivity index (χ3v) is 3.80. The second-order valence-corrected chi connectivity index (χ2v) is 5.90. The summed E-state index contributed by atoms with van der Waals surface area (Å²) in [5, 5.41) is 9.11. The molecule has 2 atom stereocenters. The van der Waals surface area contributed by atoms with Gasteiger partial charge in [0.05, 0.1) is 5.92 Å². The number of ether oxygens (including phenoxy) is 1. The fourth-order valence-corrected chi connectivity index (χ4v) is 2.69. The van der Waals surface area contributed by atoms with E-state index in [-0.39, 0.29) is 30.7 Å². The lowest BCUT2D eigenvalue weighted by Crippen LogP contribution is -2.47. The Morgan fingerprint density at radius 2 is 2.14 bits per heavy atom. The zero-order valence-electron chi connectivity index (χ0n) is 12.7. The van der Waals surface area contributed by atoms with E-state index < -0.39 is 17.7 Å². The first-order valence-electron chi connectivity index (χ1n) is 7.26. The SMILES string of the molecule is Cc1ccc(F)c(OCC(=O)N2CC(C)CC(C(=O)O)C2)c1. The van der Waals surface area contributed by atoms with Gasteiger partial charge in [0.15, 0.2) is 18.2 Å². The molecule has 2 unspecified atom stereocenters. The average molecular weight is 309 g/mol. The molecule has 2 rings (SSSR count). The van der Waals surface area contributed by atoms with Gasteiger partial charge >= 0.3 is 5.97 Å². The van der Waals surface area contributed by atoms with Crippen LogP contribution in [0, 0.1) is 24.6 Å². The van der Waals surface area contributed by atoms with E-state index in [4.69, 9.17) is 9.84 Å². The minimum Gasteiger partial charge on any atom is -0.481 e. The molecule has 0 radical (unpaired) electrons. The minimum absolute atomic E-state index is 0.0354. The number of carbonyl (C=O) groups is 2. The topological polar surface area (TPSA) is 66.8 Å². The lowest BCUT2D eigenvalue weighted by atomic mass is 9.90. The molecule has 1 aliphatic heterocycles. The number of carboxylic acid groups (broad SMARTS) is 1. The minimum atomic E-state index is -0.894. The zero-order valence-corrected chi connectivity index (χ0v) is 12.7. The lowest BCUT2D eigenvalue weighted by Gasteiger charge is -2.34. The van der Waals surface area contributed by atoms with Gasteiger partial charge in [-0.1, -0.05) is 13.0 Å². The van der Waals surface area contributed by atoms with Crippen LogP contribution in [-0.2, 0) is 9.59 Å². The number of hydrogen-bond donors (Lipinski definition) is 1. The summed E-state index contributed by atoms with van der Waals surface area (Å²) in [4.78, 5) is 24.8. The molecule has 0 aromatic heterocycles. The van der Waals surface area contributed by atoms with Crippen molar-refractivity contribution in [3.63, 3.8) is 0 Å². The van der Waals surface area contributed by atoms with E-state index in [1.165, 1.54) is 17.0 Å². The number of carbonyl (C=O) groups excluding carboxylic acids is 1. The third kappa shape index (κ3) is 3.96. The summed E-state index contributed by atoms with van der Waals surface area (Å²) in [5.74, 6) is -2.13. The maximum absolute atomic E-state index is 13.6. The molecule has 1 heterocycles. The van der Waals surface area contributed by atoms with Crippen molar-refractivity contribution in [1.29, 1.82) is 0 Å². The molecular formula is C16H20FNO4. The predicted octanol–water partition coefficient (Wildman–Crippen LogP) is 2.08. The smallest absolute Gasteiger partial charge is 0.308 e. The van der Waals surface area contributed by atoms with Gasteiger partial charge in [-0.15, -0.1) is 0 Å². The van der Waals surface area contributed by atoms with Gasteiger partial charge in [-0.3, -0.25) is 9.59 Å². The molecule has 1 amide bonds. The number of piperidine rings is 1. The van der Waals surface area contributed by atoms with Gasteiger partial charge in [0.2, 0.25) is 0 Å². The van der Waals surface area contributed by atoms with Gasteiger partial charge in [-0.2, -0.15) is 0 Å². The summed E-state index contributed by atoms with van der Waals surface area (Å²) in [6.45, 7) is 4.11. The van der Waals surface area contributed by atoms with E-state index in [1.54, 1.807) is 13.0 Å². The van der Waals surface area contributed by atoms with E-state index in [1.807, 2.05) is 6.92 Å². The number of aliphatic carboxylic acids is 1. The summed E-state index contributed by atoms with van der Waals surface area (Å²) in [6, 6.07) is 4.44. The summed E-state index contributed by atoms with van der Waals surface area (Å²) >= 11 is 0. The van der Waals surface area contributed by atoms with Crippen molar-refractivity contribution >= 4 is 11.9 Å². The highest BCUT2D eigenvalue weighted by atomic mass is 19.1. The summed E-state index contributed by atoms with van der Waals surface area (Å²) in [5.41, 5.74) is 0.835. The van der Waals surface area contributed by atoms with E-state index >= 15 is 0 Å². The summed E-state index contributed by atoms with van der Waals surface area (Å²) < 4.78 is 18.8. The molecule has 22 heavy (non-hydrogen) atoms. The fraction of sp³-hybridized carbons (Fsp3) is 0.500. The first-order chi connectivity index (χ1) is 10.4. The van der Waals surface area contributed by atoms with Crippen LogP contribution in [0.4, 0.5) is 4.39 Å². The molecular weight excluding hydrogens is 289 g/mol. The molecule has 6 heteroatoms. The number of likely N-dealkylation sites (tertiary alicyclic amines) is 1. The first-order valence-corrected chi connectivity index (χ1v) is 7.26. The molecule has 1 aliphatic rings. The predicted molar refractivity (Wildman–Crippen MR) is 78.1 cm³/mol. The van der Waals surface area contributed by atoms with E-state index in [9.17, 15) is 14.0 Å². The zero-order chi connectivity index (χ0) is 16.3. The Morgan fingerprint density at radius 1 is 1.41 bits per heavy atom. The van der Waals surface area contributed by atoms with Crippen LogP contribution in [0.15, 0.2) is 18.2 Å². The van der Waals surface area contributed by atoms with E-state index in [0.717, 1.165) is 5.56 Å². The number of carboxylic acids is 1. The molecule has 0 saturated carbocycles. The number of nitrogens with zero attached hydrogens (tertiary/aromatic N) is 1.